The van der Waals surface area contributed by atoms with E-state index < -0.39 is 0 Å². The molecule has 0 aliphatic carbocycles. The van der Waals surface area contributed by atoms with Crippen LogP contribution in [-0.4, -0.2) is 36.6 Å². The zero-order valence-electron chi connectivity index (χ0n) is 15.2. The first kappa shape index (κ1) is 17.7. The summed E-state index contributed by atoms with van der Waals surface area (Å²) >= 11 is 0. The van der Waals surface area contributed by atoms with Gasteiger partial charge in [0.15, 0.2) is 0 Å². The number of carbonyl (C=O) groups excluding carboxylic acids is 1. The Morgan fingerprint density at radius 1 is 1.19 bits per heavy atom. The van der Waals surface area contributed by atoms with Crippen LogP contribution in [-0.2, 0) is 11.3 Å². The Labute approximate surface area is 152 Å². The molecule has 1 aromatic carbocycles. The normalized spacial score (nSPS) is 10.6. The van der Waals surface area contributed by atoms with Crippen LogP contribution in [0.15, 0.2) is 48.7 Å². The van der Waals surface area contributed by atoms with Gasteiger partial charge in [-0.25, -0.2) is 14.8 Å². The highest BCUT2D eigenvalue weighted by atomic mass is 16.5. The molecule has 2 aromatic heterocycles. The smallest absolute Gasteiger partial charge is 0.339 e. The van der Waals surface area contributed by atoms with Gasteiger partial charge in [0.2, 0.25) is 0 Å². The number of nitrogens with zero attached hydrogens (tertiary/aromatic N) is 3. The van der Waals surface area contributed by atoms with Gasteiger partial charge >= 0.3 is 5.97 Å². The molecule has 6 heteroatoms. The Kier molecular flexibility index (Phi) is 5.31. The number of ether oxygens (including phenoxy) is 1. The van der Waals surface area contributed by atoms with Crippen molar-refractivity contribution in [3.05, 3.63) is 59.8 Å². The van der Waals surface area contributed by atoms with Crippen LogP contribution in [0.2, 0.25) is 0 Å². The fourth-order valence-corrected chi connectivity index (χ4v) is 2.63. The summed E-state index contributed by atoms with van der Waals surface area (Å²) in [6, 6.07) is 13.6. The van der Waals surface area contributed by atoms with Crippen LogP contribution in [0.1, 0.15) is 22.8 Å². The number of pyridine rings is 2. The van der Waals surface area contributed by atoms with Crippen LogP contribution in [0.25, 0.3) is 10.9 Å². The summed E-state index contributed by atoms with van der Waals surface area (Å²) in [5.41, 5.74) is 2.54. The molecule has 6 nitrogen and oxygen atoms in total. The van der Waals surface area contributed by atoms with Gasteiger partial charge < -0.3 is 15.0 Å². The maximum atomic E-state index is 11.7. The lowest BCUT2D eigenvalue weighted by Gasteiger charge is -2.15. The summed E-state index contributed by atoms with van der Waals surface area (Å²) in [6.07, 6.45) is 1.52. The zero-order valence-corrected chi connectivity index (χ0v) is 15.2. The van der Waals surface area contributed by atoms with Gasteiger partial charge in [0.1, 0.15) is 11.6 Å². The zero-order chi connectivity index (χ0) is 18.5. The monoisotopic (exact) mass is 350 g/mol. The van der Waals surface area contributed by atoms with E-state index in [0.29, 0.717) is 24.5 Å². The molecule has 0 bridgehead atoms. The highest BCUT2D eigenvalue weighted by molar-refractivity contribution is 5.89. The van der Waals surface area contributed by atoms with E-state index in [9.17, 15) is 4.79 Å². The molecule has 0 aliphatic rings. The third-order valence-corrected chi connectivity index (χ3v) is 3.98. The van der Waals surface area contributed by atoms with E-state index in [2.05, 4.69) is 27.4 Å². The van der Waals surface area contributed by atoms with Crippen molar-refractivity contribution in [2.75, 3.05) is 30.9 Å². The standard InChI is InChI=1S/C20H22N4O2/c1-4-26-20(25)14-9-10-18(21-12-14)22-13-15-11-19(24(2)3)23-17-8-6-5-7-16(15)17/h5-12H,4,13H2,1-3H3,(H,21,22). The SMILES string of the molecule is CCOC(=O)c1ccc(NCc2cc(N(C)C)nc3ccccc23)nc1. The van der Waals surface area contributed by atoms with E-state index in [1.807, 2.05) is 37.2 Å². The number of benzene rings is 1. The third-order valence-electron chi connectivity index (χ3n) is 3.98. The summed E-state index contributed by atoms with van der Waals surface area (Å²) in [5.74, 6) is 1.25. The quantitative estimate of drug-likeness (QED) is 0.687. The summed E-state index contributed by atoms with van der Waals surface area (Å²) in [4.78, 5) is 22.6. The Balaban J connectivity index is 1.80. The fourth-order valence-electron chi connectivity index (χ4n) is 2.63. The average Bonchev–Trinajstić information content (AvgIpc) is 2.66. The number of fused-ring (bicyclic) bond motifs is 1. The van der Waals surface area contributed by atoms with Gasteiger partial charge in [0.05, 0.1) is 17.7 Å². The minimum Gasteiger partial charge on any atom is -0.462 e. The molecular weight excluding hydrogens is 328 g/mol. The van der Waals surface area contributed by atoms with E-state index in [-0.39, 0.29) is 5.97 Å². The maximum absolute atomic E-state index is 11.7. The molecule has 3 aromatic rings. The molecule has 134 valence electrons. The van der Waals surface area contributed by atoms with Crippen molar-refractivity contribution < 1.29 is 9.53 Å². The lowest BCUT2D eigenvalue weighted by molar-refractivity contribution is 0.0526. The van der Waals surface area contributed by atoms with Crippen molar-refractivity contribution in [3.63, 3.8) is 0 Å². The van der Waals surface area contributed by atoms with Crippen LogP contribution in [0.4, 0.5) is 11.6 Å². The van der Waals surface area contributed by atoms with Gasteiger partial charge in [-0.1, -0.05) is 18.2 Å². The molecule has 26 heavy (non-hydrogen) atoms. The van der Waals surface area contributed by atoms with E-state index in [0.717, 1.165) is 22.3 Å². The van der Waals surface area contributed by atoms with Crippen molar-refractivity contribution in [2.24, 2.45) is 0 Å². The minimum atomic E-state index is -0.359. The topological polar surface area (TPSA) is 67.3 Å². The molecule has 0 saturated carbocycles. The number of aromatic nitrogens is 2. The number of nitrogens with one attached hydrogen (secondary N) is 1. The third kappa shape index (κ3) is 3.91. The predicted molar refractivity (Wildman–Crippen MR) is 104 cm³/mol. The number of hydrogen-bond acceptors (Lipinski definition) is 6. The molecule has 0 unspecified atom stereocenters. The van der Waals surface area contributed by atoms with Crippen molar-refractivity contribution >= 4 is 28.5 Å². The summed E-state index contributed by atoms with van der Waals surface area (Å²) in [6.45, 7) is 2.74. The Morgan fingerprint density at radius 2 is 2.00 bits per heavy atom. The predicted octanol–water partition coefficient (Wildman–Crippen LogP) is 3.48. The van der Waals surface area contributed by atoms with Gasteiger partial charge in [-0.3, -0.25) is 0 Å². The van der Waals surface area contributed by atoms with Gasteiger partial charge in [0.25, 0.3) is 0 Å². The maximum Gasteiger partial charge on any atom is 0.339 e. The molecule has 0 saturated heterocycles. The number of hydrogen-bond donors (Lipinski definition) is 1. The lowest BCUT2D eigenvalue weighted by atomic mass is 10.1. The van der Waals surface area contributed by atoms with Crippen molar-refractivity contribution in [3.8, 4) is 0 Å². The molecule has 2 heterocycles. The van der Waals surface area contributed by atoms with E-state index >= 15 is 0 Å². The highest BCUT2D eigenvalue weighted by Crippen LogP contribution is 2.23. The Morgan fingerprint density at radius 3 is 2.69 bits per heavy atom. The molecule has 1 N–H and O–H groups in total. The van der Waals surface area contributed by atoms with E-state index in [1.165, 1.54) is 6.20 Å². The molecule has 3 rings (SSSR count). The summed E-state index contributed by atoms with van der Waals surface area (Å²) in [7, 11) is 3.95. The molecule has 0 atom stereocenters. The largest absolute Gasteiger partial charge is 0.462 e. The van der Waals surface area contributed by atoms with Crippen LogP contribution in [0.3, 0.4) is 0 Å². The van der Waals surface area contributed by atoms with E-state index in [4.69, 9.17) is 4.74 Å². The number of esters is 1. The van der Waals surface area contributed by atoms with Crippen molar-refractivity contribution in [1.29, 1.82) is 0 Å². The van der Waals surface area contributed by atoms with Crippen molar-refractivity contribution in [1.82, 2.24) is 9.97 Å². The number of rotatable bonds is 6. The Hall–Kier alpha value is -3.15. The van der Waals surface area contributed by atoms with Gasteiger partial charge in [-0.15, -0.1) is 0 Å². The second-order valence-electron chi connectivity index (χ2n) is 6.06. The van der Waals surface area contributed by atoms with Crippen molar-refractivity contribution in [2.45, 2.75) is 13.5 Å². The molecule has 0 fully saturated rings. The van der Waals surface area contributed by atoms with E-state index in [1.54, 1.807) is 19.1 Å². The first-order chi connectivity index (χ1) is 12.6. The highest BCUT2D eigenvalue weighted by Gasteiger charge is 2.09. The molecule has 0 amide bonds. The van der Waals surface area contributed by atoms with Crippen LogP contribution < -0.4 is 10.2 Å². The first-order valence-electron chi connectivity index (χ1n) is 8.51. The summed E-state index contributed by atoms with van der Waals surface area (Å²) < 4.78 is 4.97. The first-order valence-corrected chi connectivity index (χ1v) is 8.51. The molecule has 0 aliphatic heterocycles. The van der Waals surface area contributed by atoms with Crippen LogP contribution in [0, 0.1) is 0 Å². The second-order valence-corrected chi connectivity index (χ2v) is 6.06. The number of anilines is 2. The van der Waals surface area contributed by atoms with Crippen LogP contribution in [0.5, 0.6) is 0 Å². The average molecular weight is 350 g/mol. The second kappa shape index (κ2) is 7.82. The Bertz CT molecular complexity index is 907. The minimum absolute atomic E-state index is 0.349. The molecule has 0 radical (unpaired) electrons. The van der Waals surface area contributed by atoms with Crippen LogP contribution >= 0.6 is 0 Å². The van der Waals surface area contributed by atoms with Gasteiger partial charge in [0, 0.05) is 32.2 Å². The number of para-hydroxylation sites is 1. The van der Waals surface area contributed by atoms with Gasteiger partial charge in [-0.2, -0.15) is 0 Å². The summed E-state index contributed by atoms with van der Waals surface area (Å²) in [5, 5.41) is 4.41. The number of carbonyl (C=O) groups is 1. The fraction of sp³-hybridized carbons (Fsp3) is 0.250. The lowest BCUT2D eigenvalue weighted by Crippen LogP contribution is -2.12. The molecule has 0 spiro atoms. The molecular formula is C20H22N4O2. The van der Waals surface area contributed by atoms with Gasteiger partial charge in [-0.05, 0) is 36.8 Å².